The summed E-state index contributed by atoms with van der Waals surface area (Å²) in [5, 5.41) is 12.3. The van der Waals surface area contributed by atoms with Crippen LogP contribution >= 0.6 is 0 Å². The van der Waals surface area contributed by atoms with E-state index >= 15 is 0 Å². The van der Waals surface area contributed by atoms with Crippen LogP contribution in [0.2, 0.25) is 14.8 Å². The summed E-state index contributed by atoms with van der Waals surface area (Å²) in [6.07, 6.45) is 3.34. The van der Waals surface area contributed by atoms with Gasteiger partial charge in [0, 0.05) is 0 Å². The Morgan fingerprint density at radius 1 is 1.07 bits per heavy atom. The van der Waals surface area contributed by atoms with Crippen molar-refractivity contribution in [3.63, 3.8) is 0 Å². The molecule has 0 N–H and O–H groups in total. The Hall–Kier alpha value is -1.05. The molecule has 0 amide bonds. The SMILES string of the molecule is [CH3][Sn]([CH3])([CH3])[n]1nnc(-c2ncccn2)n1. The molecule has 2 aromatic heterocycles. The van der Waals surface area contributed by atoms with E-state index in [1.807, 2.05) is 0 Å². The third-order valence-corrected chi connectivity index (χ3v) is 5.74. The average molecular weight is 311 g/mol. The summed E-state index contributed by atoms with van der Waals surface area (Å²) in [5.74, 6) is 1.03. The van der Waals surface area contributed by atoms with Gasteiger partial charge in [-0.25, -0.2) is 0 Å². The molecule has 0 bridgehead atoms. The van der Waals surface area contributed by atoms with E-state index in [2.05, 4.69) is 40.2 Å². The molecule has 78 valence electrons. The van der Waals surface area contributed by atoms with Crippen LogP contribution in [0.25, 0.3) is 11.6 Å². The maximum absolute atomic E-state index is 4.31. The van der Waals surface area contributed by atoms with Crippen molar-refractivity contribution >= 4 is 18.7 Å². The van der Waals surface area contributed by atoms with Gasteiger partial charge in [0.1, 0.15) is 0 Å². The van der Waals surface area contributed by atoms with Crippen molar-refractivity contribution in [3.8, 4) is 11.6 Å². The minimum absolute atomic E-state index is 0.502. The Balaban J connectivity index is 2.37. The maximum atomic E-state index is 4.31. The van der Waals surface area contributed by atoms with Crippen LogP contribution in [0.3, 0.4) is 0 Å². The molecule has 0 spiro atoms. The molecule has 0 aliphatic heterocycles. The first-order valence-corrected chi connectivity index (χ1v) is 14.5. The molecule has 0 radical (unpaired) electrons. The number of hydrogen-bond acceptors (Lipinski definition) is 5. The topological polar surface area (TPSA) is 69.4 Å². The quantitative estimate of drug-likeness (QED) is 0.768. The molecule has 2 rings (SSSR count). The van der Waals surface area contributed by atoms with E-state index in [1.54, 1.807) is 21.5 Å². The second kappa shape index (κ2) is 3.84. The molecule has 2 heterocycles. The molecular formula is C8H12N6Sn. The predicted octanol–water partition coefficient (Wildman–Crippen LogP) is 0.813. The molecule has 0 atom stereocenters. The molecule has 0 unspecified atom stereocenters. The molecule has 2 aromatic rings. The molecule has 0 aromatic carbocycles. The number of rotatable bonds is 2. The minimum atomic E-state index is -2.28. The molecule has 0 fully saturated rings. The fourth-order valence-corrected chi connectivity index (χ4v) is 3.02. The summed E-state index contributed by atoms with van der Waals surface area (Å²) < 4.78 is 1.76. The third-order valence-electron chi connectivity index (χ3n) is 1.78. The van der Waals surface area contributed by atoms with Crippen LogP contribution in [-0.4, -0.2) is 47.0 Å². The van der Waals surface area contributed by atoms with Crippen LogP contribution in [-0.2, 0) is 0 Å². The van der Waals surface area contributed by atoms with Crippen LogP contribution in [0.4, 0.5) is 0 Å². The van der Waals surface area contributed by atoms with Gasteiger partial charge in [0.15, 0.2) is 0 Å². The average Bonchev–Trinajstić information content (AvgIpc) is 2.67. The summed E-state index contributed by atoms with van der Waals surface area (Å²) in [7, 11) is 0. The zero-order chi connectivity index (χ0) is 10.9. The molecule has 7 heteroatoms. The van der Waals surface area contributed by atoms with Crippen molar-refractivity contribution in [2.45, 2.75) is 14.8 Å². The van der Waals surface area contributed by atoms with Crippen molar-refractivity contribution in [2.75, 3.05) is 0 Å². The Morgan fingerprint density at radius 2 is 1.73 bits per heavy atom. The Morgan fingerprint density at radius 3 is 2.27 bits per heavy atom. The van der Waals surface area contributed by atoms with Gasteiger partial charge in [0.25, 0.3) is 0 Å². The van der Waals surface area contributed by atoms with E-state index < -0.39 is 18.7 Å². The van der Waals surface area contributed by atoms with Gasteiger partial charge >= 0.3 is 92.0 Å². The van der Waals surface area contributed by atoms with E-state index in [1.165, 1.54) is 0 Å². The zero-order valence-corrected chi connectivity index (χ0v) is 11.8. The first-order valence-electron chi connectivity index (χ1n) is 4.65. The summed E-state index contributed by atoms with van der Waals surface area (Å²) in [4.78, 5) is 14.8. The second-order valence-corrected chi connectivity index (χ2v) is 17.7. The summed E-state index contributed by atoms with van der Waals surface area (Å²) in [5.41, 5.74) is 0. The molecule has 15 heavy (non-hydrogen) atoms. The molecular weight excluding hydrogens is 299 g/mol. The predicted molar refractivity (Wildman–Crippen MR) is 57.6 cm³/mol. The summed E-state index contributed by atoms with van der Waals surface area (Å²) in [6, 6.07) is 1.76. The van der Waals surface area contributed by atoms with Gasteiger partial charge in [-0.15, -0.1) is 0 Å². The normalized spacial score (nSPS) is 11.7. The van der Waals surface area contributed by atoms with Gasteiger partial charge in [0.05, 0.1) is 0 Å². The molecule has 0 aliphatic rings. The van der Waals surface area contributed by atoms with E-state index in [0.717, 1.165) is 0 Å². The van der Waals surface area contributed by atoms with Crippen molar-refractivity contribution in [1.82, 2.24) is 28.4 Å². The monoisotopic (exact) mass is 312 g/mol. The van der Waals surface area contributed by atoms with Gasteiger partial charge in [-0.3, -0.25) is 0 Å². The van der Waals surface area contributed by atoms with Crippen LogP contribution in [0.5, 0.6) is 0 Å². The van der Waals surface area contributed by atoms with E-state index in [0.29, 0.717) is 11.6 Å². The molecule has 0 saturated heterocycles. The summed E-state index contributed by atoms with van der Waals surface area (Å²) >= 11 is -2.28. The van der Waals surface area contributed by atoms with Crippen molar-refractivity contribution in [1.29, 1.82) is 0 Å². The number of aromatic nitrogens is 6. The van der Waals surface area contributed by atoms with E-state index in [9.17, 15) is 0 Å². The first kappa shape index (κ1) is 10.5. The van der Waals surface area contributed by atoms with Crippen LogP contribution in [0.15, 0.2) is 18.5 Å². The number of tetrazole rings is 1. The Kier molecular flexibility index (Phi) is 2.68. The zero-order valence-electron chi connectivity index (χ0n) is 8.92. The molecule has 0 saturated carbocycles. The fraction of sp³-hybridized carbons (Fsp3) is 0.375. The first-order chi connectivity index (χ1) is 7.07. The van der Waals surface area contributed by atoms with Crippen molar-refractivity contribution in [2.24, 2.45) is 0 Å². The molecule has 0 aliphatic carbocycles. The van der Waals surface area contributed by atoms with E-state index in [4.69, 9.17) is 0 Å². The van der Waals surface area contributed by atoms with E-state index in [-0.39, 0.29) is 0 Å². The third kappa shape index (κ3) is 2.31. The van der Waals surface area contributed by atoms with Crippen LogP contribution in [0.1, 0.15) is 0 Å². The Bertz CT molecular complexity index is 446. The van der Waals surface area contributed by atoms with Gasteiger partial charge in [-0.2, -0.15) is 0 Å². The van der Waals surface area contributed by atoms with Crippen molar-refractivity contribution < 1.29 is 0 Å². The number of nitrogens with zero attached hydrogens (tertiary/aromatic N) is 6. The summed E-state index contributed by atoms with van der Waals surface area (Å²) in [6.45, 7) is 0. The fourth-order valence-electron chi connectivity index (χ4n) is 1.00. The van der Waals surface area contributed by atoms with Gasteiger partial charge in [-0.05, 0) is 0 Å². The van der Waals surface area contributed by atoms with Gasteiger partial charge in [-0.1, -0.05) is 0 Å². The van der Waals surface area contributed by atoms with Crippen LogP contribution < -0.4 is 0 Å². The molecule has 6 nitrogen and oxygen atoms in total. The standard InChI is InChI=1S/C5H3N6.3CH3.Sn/c1-2-6-4(7-3-1)5-8-10-11-9-5;;;;/h1-3H;3*1H3;/q-1;;;;+1. The van der Waals surface area contributed by atoms with Crippen molar-refractivity contribution in [3.05, 3.63) is 18.5 Å². The van der Waals surface area contributed by atoms with Crippen LogP contribution in [0, 0.1) is 0 Å². The second-order valence-electron chi connectivity index (χ2n) is 4.15. The number of hydrogen-bond donors (Lipinski definition) is 0. The van der Waals surface area contributed by atoms with Gasteiger partial charge in [0.2, 0.25) is 0 Å². The van der Waals surface area contributed by atoms with Gasteiger partial charge < -0.3 is 0 Å². The Labute approximate surface area is 92.0 Å².